The van der Waals surface area contributed by atoms with Gasteiger partial charge in [0.25, 0.3) is 0 Å². The van der Waals surface area contributed by atoms with Gasteiger partial charge in [-0.3, -0.25) is 5.32 Å². The summed E-state index contributed by atoms with van der Waals surface area (Å²) in [6, 6.07) is 0. The number of rotatable bonds is 3. The van der Waals surface area contributed by atoms with Crippen LogP contribution in [0.15, 0.2) is 10.8 Å². The van der Waals surface area contributed by atoms with E-state index in [1.807, 2.05) is 0 Å². The molecule has 0 bridgehead atoms. The van der Waals surface area contributed by atoms with Gasteiger partial charge in [0, 0.05) is 10.8 Å². The summed E-state index contributed by atoms with van der Waals surface area (Å²) < 4.78 is 4.61. The van der Waals surface area contributed by atoms with E-state index in [9.17, 15) is 9.59 Å². The topological polar surface area (TPSA) is 75.6 Å². The molecule has 0 aromatic carbocycles. The van der Waals surface area contributed by atoms with Crippen molar-refractivity contribution in [3.8, 4) is 0 Å². The van der Waals surface area contributed by atoms with Crippen molar-refractivity contribution in [1.29, 1.82) is 0 Å². The Morgan fingerprint density at radius 2 is 2.29 bits per heavy atom. The second-order valence-corrected chi connectivity index (χ2v) is 3.09. The lowest BCUT2D eigenvalue weighted by Crippen LogP contribution is -2.14. The summed E-state index contributed by atoms with van der Waals surface area (Å²) in [5.41, 5.74) is 0.337. The molecule has 1 aromatic rings. The van der Waals surface area contributed by atoms with Gasteiger partial charge < -0.3 is 9.84 Å². The fraction of sp³-hybridized carbons (Fsp3) is 0.250. The Morgan fingerprint density at radius 1 is 1.57 bits per heavy atom. The van der Waals surface area contributed by atoms with Crippen LogP contribution in [0.25, 0.3) is 0 Å². The molecule has 0 unspecified atom stereocenters. The van der Waals surface area contributed by atoms with Gasteiger partial charge in [0.15, 0.2) is 0 Å². The Balaban J connectivity index is 2.71. The fourth-order valence-electron chi connectivity index (χ4n) is 0.837. The highest BCUT2D eigenvalue weighted by molar-refractivity contribution is 7.08. The van der Waals surface area contributed by atoms with Crippen molar-refractivity contribution < 1.29 is 19.4 Å². The summed E-state index contributed by atoms with van der Waals surface area (Å²) in [6.45, 7) is 1.92. The van der Waals surface area contributed by atoms with Crippen molar-refractivity contribution in [2.45, 2.75) is 6.92 Å². The Hall–Kier alpha value is -1.56. The maximum Gasteiger partial charge on any atom is 0.411 e. The van der Waals surface area contributed by atoms with Crippen LogP contribution < -0.4 is 5.32 Å². The summed E-state index contributed by atoms with van der Waals surface area (Å²) in [7, 11) is 0. The quantitative estimate of drug-likeness (QED) is 0.808. The standard InChI is InChI=1S/C8H9NO4S/c1-2-13-8(12)9-6-4-14-3-5(6)7(10)11/h3-4H,2H2,1H3,(H,9,12)(H,10,11). The van der Waals surface area contributed by atoms with E-state index < -0.39 is 12.1 Å². The first-order valence-electron chi connectivity index (χ1n) is 3.88. The maximum absolute atomic E-state index is 11.0. The number of anilines is 1. The molecule has 0 fully saturated rings. The molecular formula is C8H9NO4S. The highest BCUT2D eigenvalue weighted by Gasteiger charge is 2.13. The molecule has 0 aliphatic heterocycles. The molecule has 1 aromatic heterocycles. The van der Waals surface area contributed by atoms with Crippen LogP contribution in [-0.2, 0) is 4.74 Å². The average molecular weight is 215 g/mol. The van der Waals surface area contributed by atoms with Crippen LogP contribution in [-0.4, -0.2) is 23.8 Å². The molecule has 14 heavy (non-hydrogen) atoms. The fourth-order valence-corrected chi connectivity index (χ4v) is 1.59. The van der Waals surface area contributed by atoms with Crippen LogP contribution in [0, 0.1) is 0 Å². The number of carbonyl (C=O) groups is 2. The van der Waals surface area contributed by atoms with E-state index in [4.69, 9.17) is 5.11 Å². The van der Waals surface area contributed by atoms with Crippen molar-refractivity contribution >= 4 is 29.1 Å². The third kappa shape index (κ3) is 2.46. The first-order valence-corrected chi connectivity index (χ1v) is 4.82. The Morgan fingerprint density at radius 3 is 2.86 bits per heavy atom. The molecule has 1 heterocycles. The summed E-state index contributed by atoms with van der Waals surface area (Å²) in [5.74, 6) is -1.07. The Labute approximate surface area is 84.3 Å². The molecule has 76 valence electrons. The van der Waals surface area contributed by atoms with Crippen LogP contribution in [0.1, 0.15) is 17.3 Å². The van der Waals surface area contributed by atoms with E-state index in [2.05, 4.69) is 10.1 Å². The van der Waals surface area contributed by atoms with E-state index in [0.717, 1.165) is 0 Å². The monoisotopic (exact) mass is 215 g/mol. The average Bonchev–Trinajstić information content (AvgIpc) is 2.52. The second kappa shape index (κ2) is 4.61. The summed E-state index contributed by atoms with van der Waals surface area (Å²) in [5, 5.41) is 14.0. The van der Waals surface area contributed by atoms with Crippen molar-refractivity contribution in [1.82, 2.24) is 0 Å². The van der Waals surface area contributed by atoms with Gasteiger partial charge in [-0.05, 0) is 6.92 Å². The van der Waals surface area contributed by atoms with Crippen LogP contribution in [0.5, 0.6) is 0 Å². The number of carboxylic acids is 1. The zero-order chi connectivity index (χ0) is 10.6. The summed E-state index contributed by atoms with van der Waals surface area (Å²) in [4.78, 5) is 21.6. The molecule has 0 atom stereocenters. The molecule has 0 aliphatic rings. The van der Waals surface area contributed by atoms with Gasteiger partial charge in [-0.1, -0.05) is 0 Å². The Bertz CT molecular complexity index is 347. The molecule has 0 saturated carbocycles. The van der Waals surface area contributed by atoms with Crippen molar-refractivity contribution in [3.63, 3.8) is 0 Å². The third-order valence-corrected chi connectivity index (χ3v) is 2.15. The van der Waals surface area contributed by atoms with Gasteiger partial charge in [0.1, 0.15) is 0 Å². The molecule has 2 N–H and O–H groups in total. The van der Waals surface area contributed by atoms with E-state index in [0.29, 0.717) is 0 Å². The molecule has 0 spiro atoms. The Kier molecular flexibility index (Phi) is 3.47. The minimum Gasteiger partial charge on any atom is -0.478 e. The number of amides is 1. The van der Waals surface area contributed by atoms with Crippen LogP contribution in [0.2, 0.25) is 0 Å². The number of hydrogen-bond donors (Lipinski definition) is 2. The maximum atomic E-state index is 11.0. The minimum atomic E-state index is -1.07. The number of thiophene rings is 1. The number of nitrogens with one attached hydrogen (secondary N) is 1. The van der Waals surface area contributed by atoms with Gasteiger partial charge in [0.05, 0.1) is 17.9 Å². The number of carboxylic acid groups (broad SMARTS) is 1. The number of hydrogen-bond acceptors (Lipinski definition) is 4. The van der Waals surface area contributed by atoms with E-state index in [-0.39, 0.29) is 17.9 Å². The van der Waals surface area contributed by atoms with Crippen LogP contribution in [0.3, 0.4) is 0 Å². The largest absolute Gasteiger partial charge is 0.478 e. The van der Waals surface area contributed by atoms with Gasteiger partial charge in [0.2, 0.25) is 0 Å². The SMILES string of the molecule is CCOC(=O)Nc1cscc1C(=O)O. The molecule has 0 saturated heterocycles. The normalized spacial score (nSPS) is 9.50. The molecule has 0 aliphatic carbocycles. The molecule has 0 radical (unpaired) electrons. The lowest BCUT2D eigenvalue weighted by atomic mass is 10.3. The zero-order valence-corrected chi connectivity index (χ0v) is 8.26. The van der Waals surface area contributed by atoms with Crippen molar-refractivity contribution in [2.75, 3.05) is 11.9 Å². The zero-order valence-electron chi connectivity index (χ0n) is 7.44. The number of aromatic carboxylic acids is 1. The number of carbonyl (C=O) groups excluding carboxylic acids is 1. The van der Waals surface area contributed by atoms with Crippen LogP contribution >= 0.6 is 11.3 Å². The van der Waals surface area contributed by atoms with E-state index >= 15 is 0 Å². The van der Waals surface area contributed by atoms with Crippen molar-refractivity contribution in [3.05, 3.63) is 16.3 Å². The minimum absolute atomic E-state index is 0.0723. The smallest absolute Gasteiger partial charge is 0.411 e. The van der Waals surface area contributed by atoms with Crippen LogP contribution in [0.4, 0.5) is 10.5 Å². The molecule has 1 rings (SSSR count). The molecule has 1 amide bonds. The second-order valence-electron chi connectivity index (χ2n) is 2.35. The first-order chi connectivity index (χ1) is 6.65. The van der Waals surface area contributed by atoms with E-state index in [1.54, 1.807) is 12.3 Å². The lowest BCUT2D eigenvalue weighted by molar-refractivity contribution is 0.0698. The van der Waals surface area contributed by atoms with E-state index in [1.165, 1.54) is 16.7 Å². The van der Waals surface area contributed by atoms with Gasteiger partial charge in [-0.2, -0.15) is 0 Å². The highest BCUT2D eigenvalue weighted by Crippen LogP contribution is 2.20. The van der Waals surface area contributed by atoms with Crippen molar-refractivity contribution in [2.24, 2.45) is 0 Å². The third-order valence-electron chi connectivity index (χ3n) is 1.40. The number of ether oxygens (including phenoxy) is 1. The lowest BCUT2D eigenvalue weighted by Gasteiger charge is -2.03. The first kappa shape index (κ1) is 10.5. The van der Waals surface area contributed by atoms with Gasteiger partial charge in [-0.15, -0.1) is 11.3 Å². The molecule has 6 heteroatoms. The molecule has 5 nitrogen and oxygen atoms in total. The summed E-state index contributed by atoms with van der Waals surface area (Å²) >= 11 is 1.20. The predicted octanol–water partition coefficient (Wildman–Crippen LogP) is 2.01. The summed E-state index contributed by atoms with van der Waals surface area (Å²) in [6.07, 6.45) is -0.645. The predicted molar refractivity (Wildman–Crippen MR) is 51.9 cm³/mol. The van der Waals surface area contributed by atoms with Gasteiger partial charge >= 0.3 is 12.1 Å². The van der Waals surface area contributed by atoms with Gasteiger partial charge in [-0.25, -0.2) is 9.59 Å². The highest BCUT2D eigenvalue weighted by atomic mass is 32.1. The molecular weight excluding hydrogens is 206 g/mol.